The second-order valence-corrected chi connectivity index (χ2v) is 6.12. The van der Waals surface area contributed by atoms with Crippen molar-refractivity contribution in [3.63, 3.8) is 0 Å². The minimum absolute atomic E-state index is 0.282. The van der Waals surface area contributed by atoms with E-state index in [-0.39, 0.29) is 5.41 Å². The highest BCUT2D eigenvalue weighted by atomic mass is 79.9. The zero-order valence-electron chi connectivity index (χ0n) is 9.12. The Labute approximate surface area is 116 Å². The Kier molecular flexibility index (Phi) is 4.08. The summed E-state index contributed by atoms with van der Waals surface area (Å²) in [4.78, 5) is 5.73. The number of rotatable bonds is 5. The Morgan fingerprint density at radius 1 is 1.44 bits per heavy atom. The summed E-state index contributed by atoms with van der Waals surface area (Å²) in [5.74, 6) is 0. The lowest BCUT2D eigenvalue weighted by Crippen LogP contribution is -2.26. The van der Waals surface area contributed by atoms with Crippen molar-refractivity contribution in [3.8, 4) is 0 Å². The third-order valence-electron chi connectivity index (χ3n) is 3.02. The van der Waals surface area contributed by atoms with Gasteiger partial charge >= 0.3 is 0 Å². The summed E-state index contributed by atoms with van der Waals surface area (Å²) in [6.45, 7) is 2.24. The van der Waals surface area contributed by atoms with Crippen LogP contribution in [-0.4, -0.2) is 20.0 Å². The Morgan fingerprint density at radius 2 is 2.19 bits per heavy atom. The number of hydrogen-bond donors (Lipinski definition) is 0. The van der Waals surface area contributed by atoms with Gasteiger partial charge in [0.1, 0.15) is 0 Å². The zero-order valence-corrected chi connectivity index (χ0v) is 13.1. The van der Waals surface area contributed by atoms with Gasteiger partial charge in [0.05, 0.1) is 5.69 Å². The third-order valence-corrected chi connectivity index (χ3v) is 6.17. The summed E-state index contributed by atoms with van der Waals surface area (Å²) in [6.07, 6.45) is 6.37. The lowest BCUT2D eigenvalue weighted by molar-refractivity contribution is 0.370. The molecule has 2 nitrogen and oxygen atoms in total. The molecule has 2 rings (SSSR count). The van der Waals surface area contributed by atoms with Gasteiger partial charge in [0, 0.05) is 28.4 Å². The maximum absolute atomic E-state index is 4.64. The summed E-state index contributed by atoms with van der Waals surface area (Å²) < 4.78 is 2.10. The molecule has 0 amide bonds. The van der Waals surface area contributed by atoms with Crippen LogP contribution in [0.15, 0.2) is 17.8 Å². The van der Waals surface area contributed by atoms with E-state index in [0.29, 0.717) is 0 Å². The van der Waals surface area contributed by atoms with Gasteiger partial charge in [-0.15, -0.1) is 11.3 Å². The number of halogens is 2. The van der Waals surface area contributed by atoms with E-state index < -0.39 is 0 Å². The summed E-state index contributed by atoms with van der Waals surface area (Å²) in [5.41, 5.74) is 1.47. The maximum atomic E-state index is 4.64. The van der Waals surface area contributed by atoms with Crippen molar-refractivity contribution in [1.29, 1.82) is 0 Å². The molecule has 2 heterocycles. The zero-order chi connectivity index (χ0) is 11.6. The molecule has 0 aliphatic heterocycles. The molecule has 16 heavy (non-hydrogen) atoms. The number of nitrogens with zero attached hydrogens (tertiary/aromatic N) is 2. The highest BCUT2D eigenvalue weighted by Crippen LogP contribution is 2.31. The number of thiazole rings is 1. The van der Waals surface area contributed by atoms with Gasteiger partial charge < -0.3 is 0 Å². The van der Waals surface area contributed by atoms with Gasteiger partial charge in [-0.25, -0.2) is 4.98 Å². The van der Waals surface area contributed by atoms with Crippen molar-refractivity contribution in [2.75, 3.05) is 10.7 Å². The molecule has 0 unspecified atom stereocenters. The van der Waals surface area contributed by atoms with Gasteiger partial charge in [-0.3, -0.25) is 4.40 Å². The minimum atomic E-state index is 0.282. The molecule has 0 aliphatic rings. The lowest BCUT2D eigenvalue weighted by Gasteiger charge is -2.27. The third kappa shape index (κ3) is 2.36. The van der Waals surface area contributed by atoms with Gasteiger partial charge in [0.25, 0.3) is 0 Å². The van der Waals surface area contributed by atoms with Gasteiger partial charge in [0.2, 0.25) is 0 Å². The maximum Gasteiger partial charge on any atom is 0.193 e. The smallest absolute Gasteiger partial charge is 0.193 e. The van der Waals surface area contributed by atoms with Crippen molar-refractivity contribution in [1.82, 2.24) is 9.38 Å². The highest BCUT2D eigenvalue weighted by molar-refractivity contribution is 9.09. The van der Waals surface area contributed by atoms with E-state index in [9.17, 15) is 0 Å². The molecule has 0 atom stereocenters. The molecule has 0 N–H and O–H groups in total. The number of alkyl halides is 2. The Hall–Kier alpha value is 0.130. The Morgan fingerprint density at radius 3 is 2.75 bits per heavy atom. The predicted molar refractivity (Wildman–Crippen MR) is 77.1 cm³/mol. The van der Waals surface area contributed by atoms with E-state index in [4.69, 9.17) is 0 Å². The molecular formula is C11H14Br2N2S. The molecule has 0 bridgehead atoms. The van der Waals surface area contributed by atoms with Crippen LogP contribution in [0.3, 0.4) is 0 Å². The first-order chi connectivity index (χ1) is 7.73. The average molecular weight is 366 g/mol. The van der Waals surface area contributed by atoms with Crippen LogP contribution >= 0.6 is 43.2 Å². The molecule has 2 aromatic rings. The Bertz CT molecular complexity index is 422. The van der Waals surface area contributed by atoms with Crippen molar-refractivity contribution < 1.29 is 0 Å². The molecule has 0 spiro atoms. The van der Waals surface area contributed by atoms with Crippen LogP contribution in [0.25, 0.3) is 4.96 Å². The predicted octanol–water partition coefficient (Wildman–Crippen LogP) is 4.12. The fraction of sp³-hybridized carbons (Fsp3) is 0.545. The fourth-order valence-electron chi connectivity index (χ4n) is 1.69. The van der Waals surface area contributed by atoms with Crippen molar-refractivity contribution in [3.05, 3.63) is 23.5 Å². The molecule has 0 aromatic carbocycles. The lowest BCUT2D eigenvalue weighted by atomic mass is 9.85. The first-order valence-corrected chi connectivity index (χ1v) is 8.38. The van der Waals surface area contributed by atoms with Crippen LogP contribution in [0.1, 0.15) is 19.0 Å². The minimum Gasteiger partial charge on any atom is -0.297 e. The SMILES string of the molecule is CCC(CBr)(CBr)Cc1cn2ccsc2n1. The van der Waals surface area contributed by atoms with Gasteiger partial charge in [-0.2, -0.15) is 0 Å². The summed E-state index contributed by atoms with van der Waals surface area (Å²) in [6, 6.07) is 0. The largest absolute Gasteiger partial charge is 0.297 e. The quantitative estimate of drug-likeness (QED) is 0.728. The first-order valence-electron chi connectivity index (χ1n) is 5.26. The van der Waals surface area contributed by atoms with E-state index in [1.165, 1.54) is 5.69 Å². The number of fused-ring (bicyclic) bond motifs is 1. The highest BCUT2D eigenvalue weighted by Gasteiger charge is 2.27. The molecule has 0 saturated heterocycles. The topological polar surface area (TPSA) is 17.3 Å². The van der Waals surface area contributed by atoms with Crippen LogP contribution in [0.2, 0.25) is 0 Å². The number of hydrogen-bond acceptors (Lipinski definition) is 2. The van der Waals surface area contributed by atoms with E-state index in [2.05, 4.69) is 65.9 Å². The second-order valence-electron chi connectivity index (χ2n) is 4.12. The van der Waals surface area contributed by atoms with Crippen LogP contribution in [0.4, 0.5) is 0 Å². The molecular weight excluding hydrogens is 352 g/mol. The normalized spacial score (nSPS) is 12.4. The second kappa shape index (κ2) is 5.19. The molecule has 0 radical (unpaired) electrons. The van der Waals surface area contributed by atoms with E-state index in [1.807, 2.05) is 0 Å². The van der Waals surface area contributed by atoms with Crippen molar-refractivity contribution in [2.45, 2.75) is 19.8 Å². The van der Waals surface area contributed by atoms with Crippen LogP contribution in [-0.2, 0) is 6.42 Å². The summed E-state index contributed by atoms with van der Waals surface area (Å²) in [5, 5.41) is 4.08. The summed E-state index contributed by atoms with van der Waals surface area (Å²) >= 11 is 8.93. The monoisotopic (exact) mass is 364 g/mol. The molecule has 0 saturated carbocycles. The van der Waals surface area contributed by atoms with E-state index in [0.717, 1.165) is 28.5 Å². The molecule has 88 valence electrons. The van der Waals surface area contributed by atoms with Crippen molar-refractivity contribution >= 4 is 48.2 Å². The van der Waals surface area contributed by atoms with Gasteiger partial charge in [0.15, 0.2) is 4.96 Å². The average Bonchev–Trinajstić information content (AvgIpc) is 2.86. The van der Waals surface area contributed by atoms with Gasteiger partial charge in [-0.1, -0.05) is 38.8 Å². The number of aromatic nitrogens is 2. The van der Waals surface area contributed by atoms with Crippen LogP contribution in [0.5, 0.6) is 0 Å². The van der Waals surface area contributed by atoms with Crippen LogP contribution < -0.4 is 0 Å². The molecule has 0 fully saturated rings. The van der Waals surface area contributed by atoms with Gasteiger partial charge in [-0.05, 0) is 18.3 Å². The first kappa shape index (κ1) is 12.6. The molecule has 5 heteroatoms. The fourth-order valence-corrected chi connectivity index (χ4v) is 4.53. The number of imidazole rings is 1. The van der Waals surface area contributed by atoms with Crippen LogP contribution in [0, 0.1) is 5.41 Å². The van der Waals surface area contributed by atoms with Crippen molar-refractivity contribution in [2.24, 2.45) is 5.41 Å². The standard InChI is InChI=1S/C11H14Br2N2S/c1-2-11(7-12,8-13)5-9-6-15-3-4-16-10(15)14-9/h3-4,6H,2,5,7-8H2,1H3. The van der Waals surface area contributed by atoms with E-state index >= 15 is 0 Å². The Balaban J connectivity index is 2.22. The molecule has 0 aliphatic carbocycles. The van der Waals surface area contributed by atoms with E-state index in [1.54, 1.807) is 11.3 Å². The summed E-state index contributed by atoms with van der Waals surface area (Å²) in [7, 11) is 0. The molecule has 2 aromatic heterocycles.